The van der Waals surface area contributed by atoms with Gasteiger partial charge in [-0.1, -0.05) is 0 Å². The van der Waals surface area contributed by atoms with Crippen molar-refractivity contribution < 1.29 is 29.6 Å². The molecule has 1 amide bonds. The van der Waals surface area contributed by atoms with Crippen molar-refractivity contribution in [3.8, 4) is 5.75 Å². The molecule has 5 N–H and O–H groups in total. The molecule has 0 bridgehead atoms. The highest BCUT2D eigenvalue weighted by atomic mass is 35.5. The second kappa shape index (κ2) is 14.0. The smallest absolute Gasteiger partial charge is 0.237 e. The first-order chi connectivity index (χ1) is 16.8. The van der Waals surface area contributed by atoms with E-state index in [1.54, 1.807) is 25.6 Å². The Balaban J connectivity index is 1.49. The van der Waals surface area contributed by atoms with Gasteiger partial charge in [-0.2, -0.15) is 0 Å². The molecule has 9 nitrogen and oxygen atoms in total. The number of hydrogen-bond acceptors (Lipinski definition) is 9. The molecule has 3 rings (SSSR count). The summed E-state index contributed by atoms with van der Waals surface area (Å²) in [5.41, 5.74) is -0.730. The Labute approximate surface area is 216 Å². The van der Waals surface area contributed by atoms with Gasteiger partial charge in [0.2, 0.25) is 5.91 Å². The molecule has 35 heavy (non-hydrogen) atoms. The zero-order valence-electron chi connectivity index (χ0n) is 20.3. The SMILES string of the molecule is CSC1OC(C(NC(=O)C2CCC(CCCOc3cccnc3)CCN2)C(C)Cl)C(O)C(O)C1O. The first-order valence-electron chi connectivity index (χ1n) is 12.2. The van der Waals surface area contributed by atoms with Crippen LogP contribution >= 0.6 is 23.4 Å². The van der Waals surface area contributed by atoms with E-state index < -0.39 is 41.3 Å². The minimum Gasteiger partial charge on any atom is -0.492 e. The molecule has 2 aliphatic rings. The Kier molecular flexibility index (Phi) is 11.3. The van der Waals surface area contributed by atoms with Crippen LogP contribution in [0.1, 0.15) is 39.0 Å². The van der Waals surface area contributed by atoms with Crippen molar-refractivity contribution in [1.29, 1.82) is 0 Å². The molecule has 1 aromatic rings. The average Bonchev–Trinajstić information content (AvgIpc) is 3.10. The first kappa shape index (κ1) is 28.4. The number of amides is 1. The van der Waals surface area contributed by atoms with Crippen molar-refractivity contribution in [3.05, 3.63) is 24.5 Å². The van der Waals surface area contributed by atoms with Crippen LogP contribution in [0.15, 0.2) is 24.5 Å². The highest BCUT2D eigenvalue weighted by Gasteiger charge is 2.48. The zero-order chi connectivity index (χ0) is 25.4. The predicted molar refractivity (Wildman–Crippen MR) is 136 cm³/mol. The number of aromatic nitrogens is 1. The van der Waals surface area contributed by atoms with Crippen molar-refractivity contribution in [2.45, 2.75) is 86.3 Å². The molecule has 198 valence electrons. The van der Waals surface area contributed by atoms with Crippen LogP contribution in [-0.2, 0) is 9.53 Å². The van der Waals surface area contributed by atoms with Gasteiger partial charge in [-0.05, 0) is 69.9 Å². The number of alkyl halides is 1. The Morgan fingerprint density at radius 2 is 2.11 bits per heavy atom. The number of aliphatic hydroxyl groups excluding tert-OH is 3. The third kappa shape index (κ3) is 7.92. The summed E-state index contributed by atoms with van der Waals surface area (Å²) in [6.07, 6.45) is 4.77. The highest BCUT2D eigenvalue weighted by molar-refractivity contribution is 7.99. The lowest BCUT2D eigenvalue weighted by Crippen LogP contribution is -2.65. The predicted octanol–water partition coefficient (Wildman–Crippen LogP) is 1.28. The number of carbonyl (C=O) groups is 1. The lowest BCUT2D eigenvalue weighted by molar-refractivity contribution is -0.205. The second-order valence-corrected chi connectivity index (χ2v) is 10.9. The number of aliphatic hydroxyl groups is 3. The molecule has 1 aromatic heterocycles. The molecule has 0 aromatic carbocycles. The van der Waals surface area contributed by atoms with Gasteiger partial charge in [0.15, 0.2) is 0 Å². The lowest BCUT2D eigenvalue weighted by Gasteiger charge is -2.44. The highest BCUT2D eigenvalue weighted by Crippen LogP contribution is 2.30. The maximum atomic E-state index is 13.1. The molecule has 0 saturated carbocycles. The van der Waals surface area contributed by atoms with Gasteiger partial charge in [0.1, 0.15) is 35.6 Å². The maximum absolute atomic E-state index is 13.1. The van der Waals surface area contributed by atoms with E-state index >= 15 is 0 Å². The third-order valence-corrected chi connectivity index (χ3v) is 7.91. The number of hydrogen-bond donors (Lipinski definition) is 5. The van der Waals surface area contributed by atoms with Gasteiger partial charge < -0.3 is 35.4 Å². The molecule has 2 saturated heterocycles. The topological polar surface area (TPSA) is 133 Å². The van der Waals surface area contributed by atoms with Gasteiger partial charge >= 0.3 is 0 Å². The van der Waals surface area contributed by atoms with Gasteiger partial charge in [0.05, 0.1) is 30.3 Å². The fraction of sp³-hybridized carbons (Fsp3) is 0.750. The summed E-state index contributed by atoms with van der Waals surface area (Å²) in [7, 11) is 0. The van der Waals surface area contributed by atoms with Crippen LogP contribution in [0.25, 0.3) is 0 Å². The molecular formula is C24H38ClN3O6S. The summed E-state index contributed by atoms with van der Waals surface area (Å²) < 4.78 is 11.6. The van der Waals surface area contributed by atoms with Crippen LogP contribution in [0, 0.1) is 5.92 Å². The first-order valence-corrected chi connectivity index (χ1v) is 14.0. The van der Waals surface area contributed by atoms with Gasteiger partial charge in [0, 0.05) is 6.20 Å². The number of halogens is 1. The molecule has 11 heteroatoms. The summed E-state index contributed by atoms with van der Waals surface area (Å²) in [6.45, 7) is 3.07. The normalized spacial score (nSPS) is 33.4. The van der Waals surface area contributed by atoms with Gasteiger partial charge in [-0.15, -0.1) is 23.4 Å². The molecule has 3 heterocycles. The summed E-state index contributed by atoms with van der Waals surface area (Å²) in [4.78, 5) is 17.2. The molecule has 0 spiro atoms. The van der Waals surface area contributed by atoms with Crippen LogP contribution < -0.4 is 15.4 Å². The average molecular weight is 532 g/mol. The Hall–Kier alpha value is -1.14. The van der Waals surface area contributed by atoms with Crippen LogP contribution in [0.2, 0.25) is 0 Å². The van der Waals surface area contributed by atoms with E-state index in [-0.39, 0.29) is 11.9 Å². The standard InChI is InChI=1S/C24H38ClN3O6S/c1-14(25)18(22-20(30)19(29)21(31)24(34-22)35-2)28-23(32)17-8-7-15(9-11-27-17)5-4-12-33-16-6-3-10-26-13-16/h3,6,10,13-15,17-22,24,27,29-31H,4-5,7-9,11-12H2,1-2H3,(H,28,32). The monoisotopic (exact) mass is 531 g/mol. The third-order valence-electron chi connectivity index (χ3n) is 6.78. The second-order valence-electron chi connectivity index (χ2n) is 9.31. The Bertz CT molecular complexity index is 777. The van der Waals surface area contributed by atoms with E-state index in [4.69, 9.17) is 21.1 Å². The van der Waals surface area contributed by atoms with Crippen molar-refractivity contribution >= 4 is 29.3 Å². The summed E-state index contributed by atoms with van der Waals surface area (Å²) in [5, 5.41) is 36.6. The number of rotatable bonds is 10. The van der Waals surface area contributed by atoms with E-state index in [1.807, 2.05) is 12.1 Å². The summed E-state index contributed by atoms with van der Waals surface area (Å²) >= 11 is 7.60. The van der Waals surface area contributed by atoms with Gasteiger partial charge in [-0.3, -0.25) is 9.78 Å². The number of nitrogens with zero attached hydrogens (tertiary/aromatic N) is 1. The molecule has 2 fully saturated rings. The molecule has 2 aliphatic heterocycles. The van der Waals surface area contributed by atoms with Crippen LogP contribution in [0.3, 0.4) is 0 Å². The van der Waals surface area contributed by atoms with Crippen LogP contribution in [-0.4, -0.2) is 92.9 Å². The fourth-order valence-corrected chi connectivity index (χ4v) is 5.59. The number of nitrogens with one attached hydrogen (secondary N) is 2. The molecule has 0 radical (unpaired) electrons. The number of ether oxygens (including phenoxy) is 2. The molecule has 9 unspecified atom stereocenters. The van der Waals surface area contributed by atoms with Crippen molar-refractivity contribution in [2.75, 3.05) is 19.4 Å². The quantitative estimate of drug-likeness (QED) is 0.223. The van der Waals surface area contributed by atoms with E-state index in [9.17, 15) is 20.1 Å². The fourth-order valence-electron chi connectivity index (χ4n) is 4.71. The number of carbonyl (C=O) groups excluding carboxylic acids is 1. The Morgan fingerprint density at radius 1 is 1.31 bits per heavy atom. The molecule has 9 atom stereocenters. The van der Waals surface area contributed by atoms with E-state index in [0.29, 0.717) is 18.9 Å². The van der Waals surface area contributed by atoms with Gasteiger partial charge in [0.25, 0.3) is 0 Å². The van der Waals surface area contributed by atoms with Crippen molar-refractivity contribution in [2.24, 2.45) is 5.92 Å². The van der Waals surface area contributed by atoms with Crippen molar-refractivity contribution in [1.82, 2.24) is 15.6 Å². The minimum atomic E-state index is -1.39. The van der Waals surface area contributed by atoms with Gasteiger partial charge in [-0.25, -0.2) is 0 Å². The number of pyridine rings is 1. The zero-order valence-corrected chi connectivity index (χ0v) is 21.8. The van der Waals surface area contributed by atoms with E-state index in [1.165, 1.54) is 11.8 Å². The lowest BCUT2D eigenvalue weighted by atomic mass is 9.92. The molecule has 0 aliphatic carbocycles. The Morgan fingerprint density at radius 3 is 2.80 bits per heavy atom. The molecular weight excluding hydrogens is 494 g/mol. The van der Waals surface area contributed by atoms with E-state index in [2.05, 4.69) is 15.6 Å². The maximum Gasteiger partial charge on any atom is 0.237 e. The van der Waals surface area contributed by atoms with Crippen LogP contribution in [0.4, 0.5) is 0 Å². The summed E-state index contributed by atoms with van der Waals surface area (Å²) in [5.74, 6) is 1.07. The summed E-state index contributed by atoms with van der Waals surface area (Å²) in [6, 6.07) is 2.63. The van der Waals surface area contributed by atoms with E-state index in [0.717, 1.165) is 38.0 Å². The van der Waals surface area contributed by atoms with Crippen LogP contribution in [0.5, 0.6) is 5.75 Å². The number of thioether (sulfide) groups is 1. The van der Waals surface area contributed by atoms with Crippen molar-refractivity contribution in [3.63, 3.8) is 0 Å². The minimum absolute atomic E-state index is 0.208. The largest absolute Gasteiger partial charge is 0.492 e.